The van der Waals surface area contributed by atoms with Crippen molar-refractivity contribution in [2.75, 3.05) is 0 Å². The Kier molecular flexibility index (Phi) is 4.16. The number of fused-ring (bicyclic) bond motifs is 1. The second-order valence-corrected chi connectivity index (χ2v) is 10.2. The maximum Gasteiger partial charge on any atom is 0.241 e. The van der Waals surface area contributed by atoms with E-state index in [4.69, 9.17) is 0 Å². The van der Waals surface area contributed by atoms with E-state index in [9.17, 15) is 13.2 Å². The van der Waals surface area contributed by atoms with Crippen LogP contribution >= 0.6 is 0 Å². The first kappa shape index (κ1) is 17.9. The van der Waals surface area contributed by atoms with Crippen LogP contribution in [0.15, 0.2) is 40.3 Å². The van der Waals surface area contributed by atoms with Crippen LogP contribution in [0.5, 0.6) is 0 Å². The van der Waals surface area contributed by atoms with E-state index < -0.39 is 16.1 Å². The van der Waals surface area contributed by atoms with Crippen molar-refractivity contribution in [2.24, 2.45) is 17.3 Å². The maximum absolute atomic E-state index is 12.9. The van der Waals surface area contributed by atoms with Gasteiger partial charge in [0.25, 0.3) is 0 Å². The van der Waals surface area contributed by atoms with Gasteiger partial charge in [0.15, 0.2) is 0 Å². The van der Waals surface area contributed by atoms with E-state index >= 15 is 0 Å². The van der Waals surface area contributed by atoms with Crippen molar-refractivity contribution in [1.29, 1.82) is 0 Å². The van der Waals surface area contributed by atoms with Gasteiger partial charge in [0.1, 0.15) is 5.78 Å². The molecule has 2 bridgehead atoms. The average Bonchev–Trinajstić information content (AvgIpc) is 2.91. The molecule has 4 atom stereocenters. The van der Waals surface area contributed by atoms with Gasteiger partial charge in [-0.25, -0.2) is 13.1 Å². The number of rotatable bonds is 3. The monoisotopic (exact) mass is 373 g/mol. The largest absolute Gasteiger partial charge is 0.299 e. The fourth-order valence-corrected chi connectivity index (χ4v) is 6.86. The fourth-order valence-electron chi connectivity index (χ4n) is 5.55. The van der Waals surface area contributed by atoms with E-state index in [2.05, 4.69) is 11.6 Å². The van der Waals surface area contributed by atoms with Crippen molar-refractivity contribution in [3.63, 3.8) is 0 Å². The molecule has 1 aromatic rings. The zero-order chi connectivity index (χ0) is 18.7. The highest BCUT2D eigenvalue weighted by atomic mass is 32.2. The van der Waals surface area contributed by atoms with Crippen molar-refractivity contribution in [3.8, 4) is 0 Å². The molecule has 1 N–H and O–H groups in total. The Bertz CT molecular complexity index is 884. The lowest BCUT2D eigenvalue weighted by Gasteiger charge is -2.49. The molecule has 4 rings (SSSR count). The van der Waals surface area contributed by atoms with E-state index in [0.717, 1.165) is 36.8 Å². The van der Waals surface area contributed by atoms with Crippen LogP contribution in [-0.2, 0) is 14.8 Å². The summed E-state index contributed by atoms with van der Waals surface area (Å²) in [5.41, 5.74) is 3.67. The highest BCUT2D eigenvalue weighted by Crippen LogP contribution is 2.61. The molecule has 0 aromatic heterocycles. The minimum absolute atomic E-state index is 0.133. The van der Waals surface area contributed by atoms with Gasteiger partial charge in [0, 0.05) is 12.3 Å². The van der Waals surface area contributed by atoms with Gasteiger partial charge < -0.3 is 0 Å². The quantitative estimate of drug-likeness (QED) is 0.821. The normalized spacial score (nSPS) is 34.1. The van der Waals surface area contributed by atoms with Crippen molar-refractivity contribution in [1.82, 2.24) is 4.72 Å². The number of benzene rings is 1. The molecule has 0 amide bonds. The summed E-state index contributed by atoms with van der Waals surface area (Å²) in [7, 11) is -3.65. The summed E-state index contributed by atoms with van der Waals surface area (Å²) in [6.45, 7) is 6.26. The lowest BCUT2D eigenvalue weighted by Crippen LogP contribution is -2.53. The van der Waals surface area contributed by atoms with E-state index in [1.54, 1.807) is 24.3 Å². The minimum atomic E-state index is -3.65. The highest BCUT2D eigenvalue weighted by molar-refractivity contribution is 7.89. The van der Waals surface area contributed by atoms with Gasteiger partial charge in [0.05, 0.1) is 10.9 Å². The van der Waals surface area contributed by atoms with Crippen molar-refractivity contribution < 1.29 is 13.2 Å². The number of allylic oxidation sites excluding steroid dienone is 1. The van der Waals surface area contributed by atoms with Crippen LogP contribution in [0.1, 0.15) is 51.5 Å². The summed E-state index contributed by atoms with van der Waals surface area (Å²) in [6, 6.07) is 6.47. The SMILES string of the molecule is CC1=C2CC[C@@H](C)[C@@]23CCC(=O)[C@H](C3)[C@@H]1NS(=O)(=O)c1ccc(C)cc1. The Morgan fingerprint density at radius 1 is 1.12 bits per heavy atom. The van der Waals surface area contributed by atoms with Crippen molar-refractivity contribution >= 4 is 15.8 Å². The van der Waals surface area contributed by atoms with Crippen LogP contribution in [0.3, 0.4) is 0 Å². The van der Waals surface area contributed by atoms with Gasteiger partial charge in [-0.15, -0.1) is 0 Å². The first-order valence-electron chi connectivity index (χ1n) is 9.56. The predicted octanol–water partition coefficient (Wildman–Crippen LogP) is 3.76. The molecule has 1 aromatic carbocycles. The van der Waals surface area contributed by atoms with Crippen LogP contribution in [0.2, 0.25) is 0 Å². The standard InChI is InChI=1S/C21H27NO3S/c1-13-4-7-16(8-5-13)26(24,25)22-20-15(3)18-9-6-14(2)21(18)11-10-19(23)17(20)12-21/h4-5,7-8,14,17,20,22H,6,9-12H2,1-3H3/t14-,17+,20-,21+/m1/s1. The number of nitrogens with one attached hydrogen (secondary N) is 1. The molecular weight excluding hydrogens is 346 g/mol. The third-order valence-electron chi connectivity index (χ3n) is 7.15. The lowest BCUT2D eigenvalue weighted by molar-refractivity contribution is -0.128. The molecular formula is C21H27NO3S. The number of ketones is 1. The van der Waals surface area contributed by atoms with Gasteiger partial charge in [-0.05, 0) is 63.0 Å². The molecule has 0 aliphatic heterocycles. The number of carbonyl (C=O) groups is 1. The molecule has 0 radical (unpaired) electrons. The molecule has 140 valence electrons. The van der Waals surface area contributed by atoms with E-state index in [0.29, 0.717) is 12.3 Å². The first-order valence-corrected chi connectivity index (χ1v) is 11.0. The van der Waals surface area contributed by atoms with Crippen LogP contribution < -0.4 is 4.72 Å². The molecule has 26 heavy (non-hydrogen) atoms. The van der Waals surface area contributed by atoms with Gasteiger partial charge in [-0.3, -0.25) is 4.79 Å². The second-order valence-electron chi connectivity index (χ2n) is 8.45. The number of sulfonamides is 1. The van der Waals surface area contributed by atoms with E-state index in [-0.39, 0.29) is 22.0 Å². The maximum atomic E-state index is 12.9. The number of Topliss-reactive ketones (excluding diaryl/α,β-unsaturated/α-hetero) is 1. The molecule has 4 nitrogen and oxygen atoms in total. The molecule has 3 aliphatic carbocycles. The lowest BCUT2D eigenvalue weighted by atomic mass is 9.56. The van der Waals surface area contributed by atoms with Gasteiger partial charge >= 0.3 is 0 Å². The topological polar surface area (TPSA) is 63.2 Å². The van der Waals surface area contributed by atoms with Gasteiger partial charge in [-0.1, -0.05) is 35.8 Å². The average molecular weight is 374 g/mol. The van der Waals surface area contributed by atoms with E-state index in [1.165, 1.54) is 5.57 Å². The highest BCUT2D eigenvalue weighted by Gasteiger charge is 2.55. The Balaban J connectivity index is 1.73. The fraction of sp³-hybridized carbons (Fsp3) is 0.571. The zero-order valence-electron chi connectivity index (χ0n) is 15.7. The predicted molar refractivity (Wildman–Crippen MR) is 101 cm³/mol. The number of hydrogen-bond acceptors (Lipinski definition) is 3. The summed E-state index contributed by atoms with van der Waals surface area (Å²) in [4.78, 5) is 12.9. The molecule has 0 saturated heterocycles. The van der Waals surface area contributed by atoms with Crippen LogP contribution in [0.4, 0.5) is 0 Å². The van der Waals surface area contributed by atoms with Crippen molar-refractivity contribution in [3.05, 3.63) is 41.0 Å². The summed E-state index contributed by atoms with van der Waals surface area (Å²) >= 11 is 0. The van der Waals surface area contributed by atoms with Crippen LogP contribution in [0, 0.1) is 24.2 Å². The summed E-state index contributed by atoms with van der Waals surface area (Å²) in [6.07, 6.45) is 4.50. The number of carbonyl (C=O) groups excluding carboxylic acids is 1. The molecule has 1 spiro atoms. The first-order chi connectivity index (χ1) is 12.2. The van der Waals surface area contributed by atoms with E-state index in [1.807, 2.05) is 13.8 Å². The Labute approximate surface area is 156 Å². The molecule has 2 saturated carbocycles. The Morgan fingerprint density at radius 2 is 1.81 bits per heavy atom. The summed E-state index contributed by atoms with van der Waals surface area (Å²) in [5, 5.41) is 0. The third-order valence-corrected chi connectivity index (χ3v) is 8.60. The van der Waals surface area contributed by atoms with Gasteiger partial charge in [0.2, 0.25) is 10.0 Å². The number of hydrogen-bond donors (Lipinski definition) is 1. The Morgan fingerprint density at radius 3 is 2.50 bits per heavy atom. The number of aryl methyl sites for hydroxylation is 1. The second kappa shape index (κ2) is 6.03. The molecule has 2 fully saturated rings. The minimum Gasteiger partial charge on any atom is -0.299 e. The molecule has 5 heteroatoms. The summed E-state index contributed by atoms with van der Waals surface area (Å²) < 4.78 is 28.8. The zero-order valence-corrected chi connectivity index (χ0v) is 16.5. The smallest absolute Gasteiger partial charge is 0.241 e. The van der Waals surface area contributed by atoms with Crippen LogP contribution in [-0.4, -0.2) is 20.2 Å². The van der Waals surface area contributed by atoms with Crippen molar-refractivity contribution in [2.45, 2.75) is 63.8 Å². The molecule has 3 aliphatic rings. The van der Waals surface area contributed by atoms with Crippen LogP contribution in [0.25, 0.3) is 0 Å². The Hall–Kier alpha value is -1.46. The molecule has 0 unspecified atom stereocenters. The third kappa shape index (κ3) is 2.59. The summed E-state index contributed by atoms with van der Waals surface area (Å²) in [5.74, 6) is 0.565. The van der Waals surface area contributed by atoms with Gasteiger partial charge in [-0.2, -0.15) is 0 Å². The molecule has 0 heterocycles.